The summed E-state index contributed by atoms with van der Waals surface area (Å²) in [5.41, 5.74) is 3.51. The molecule has 0 fully saturated rings. The van der Waals surface area contributed by atoms with Gasteiger partial charge in [-0.25, -0.2) is 9.97 Å². The van der Waals surface area contributed by atoms with Crippen LogP contribution in [0.1, 0.15) is 16.8 Å². The highest BCUT2D eigenvalue weighted by Gasteiger charge is 2.10. The molecular formula is C19H19N3O2. The molecular weight excluding hydrogens is 302 g/mol. The van der Waals surface area contributed by atoms with Crippen LogP contribution in [0, 0.1) is 13.8 Å². The molecule has 2 heterocycles. The van der Waals surface area contributed by atoms with Crippen molar-refractivity contribution in [3.8, 4) is 5.75 Å². The summed E-state index contributed by atoms with van der Waals surface area (Å²) in [6.07, 6.45) is 0.226. The molecule has 0 aliphatic rings. The van der Waals surface area contributed by atoms with Crippen LogP contribution in [-0.2, 0) is 11.2 Å². The van der Waals surface area contributed by atoms with Crippen LogP contribution in [0.15, 0.2) is 42.5 Å². The first-order valence-electron chi connectivity index (χ1n) is 7.73. The molecule has 0 spiro atoms. The maximum absolute atomic E-state index is 12.3. The number of nitrogens with zero attached hydrogens (tertiary/aromatic N) is 2. The molecule has 24 heavy (non-hydrogen) atoms. The second-order valence-electron chi connectivity index (χ2n) is 5.68. The van der Waals surface area contributed by atoms with Gasteiger partial charge in [0.2, 0.25) is 5.91 Å². The third-order valence-electron chi connectivity index (χ3n) is 3.82. The van der Waals surface area contributed by atoms with Crippen molar-refractivity contribution in [3.63, 3.8) is 0 Å². The van der Waals surface area contributed by atoms with E-state index in [2.05, 4.69) is 15.3 Å². The number of ether oxygens (including phenoxy) is 1. The summed E-state index contributed by atoms with van der Waals surface area (Å²) >= 11 is 0. The summed E-state index contributed by atoms with van der Waals surface area (Å²) in [7, 11) is 1.60. The van der Waals surface area contributed by atoms with Gasteiger partial charge in [-0.3, -0.25) is 4.79 Å². The number of para-hydroxylation sites is 1. The molecule has 0 saturated heterocycles. The van der Waals surface area contributed by atoms with E-state index in [4.69, 9.17) is 4.74 Å². The lowest BCUT2D eigenvalue weighted by Gasteiger charge is -2.09. The van der Waals surface area contributed by atoms with Crippen molar-refractivity contribution in [3.05, 3.63) is 59.3 Å². The summed E-state index contributed by atoms with van der Waals surface area (Å²) in [6, 6.07) is 13.2. The van der Waals surface area contributed by atoms with E-state index in [1.165, 1.54) is 0 Å². The first-order chi connectivity index (χ1) is 11.6. The second kappa shape index (κ2) is 6.66. The van der Waals surface area contributed by atoms with Gasteiger partial charge >= 0.3 is 0 Å². The minimum atomic E-state index is -0.143. The number of carbonyl (C=O) groups excluding carboxylic acids is 1. The Labute approximate surface area is 140 Å². The summed E-state index contributed by atoms with van der Waals surface area (Å²) < 4.78 is 5.27. The molecule has 2 aromatic heterocycles. The van der Waals surface area contributed by atoms with E-state index >= 15 is 0 Å². The summed E-state index contributed by atoms with van der Waals surface area (Å²) in [5, 5.41) is 3.82. The zero-order valence-electron chi connectivity index (χ0n) is 14.0. The van der Waals surface area contributed by atoms with Crippen LogP contribution in [0.2, 0.25) is 0 Å². The number of hydrogen-bond acceptors (Lipinski definition) is 4. The Hall–Kier alpha value is -2.95. The topological polar surface area (TPSA) is 64.1 Å². The van der Waals surface area contributed by atoms with Crippen molar-refractivity contribution >= 4 is 22.8 Å². The maximum Gasteiger partial charge on any atom is 0.230 e. The normalized spacial score (nSPS) is 10.6. The Morgan fingerprint density at radius 3 is 2.71 bits per heavy atom. The minimum Gasteiger partial charge on any atom is -0.496 e. The molecule has 0 atom stereocenters. The predicted octanol–water partition coefficient (Wildman–Crippen LogP) is 3.44. The lowest BCUT2D eigenvalue weighted by molar-refractivity contribution is -0.115. The fraction of sp³-hybridized carbons (Fsp3) is 0.211. The van der Waals surface area contributed by atoms with Crippen molar-refractivity contribution in [1.29, 1.82) is 0 Å². The standard InChI is InChI=1S/C19H19N3O2/c1-12-10-13(2)20-19-15(12)8-9-17(22-19)21-18(23)11-14-6-4-5-7-16(14)24-3/h4-10H,11H2,1-3H3,(H,20,21,22,23). The van der Waals surface area contributed by atoms with Crippen LogP contribution in [0.3, 0.4) is 0 Å². The third-order valence-corrected chi connectivity index (χ3v) is 3.82. The molecule has 1 amide bonds. The molecule has 3 rings (SSSR count). The molecule has 1 N–H and O–H groups in total. The van der Waals surface area contributed by atoms with Gasteiger partial charge in [-0.2, -0.15) is 0 Å². The van der Waals surface area contributed by atoms with E-state index in [0.29, 0.717) is 17.2 Å². The van der Waals surface area contributed by atoms with Gasteiger partial charge in [0.1, 0.15) is 11.6 Å². The molecule has 0 radical (unpaired) electrons. The number of aryl methyl sites for hydroxylation is 2. The van der Waals surface area contributed by atoms with Crippen LogP contribution >= 0.6 is 0 Å². The number of rotatable bonds is 4. The van der Waals surface area contributed by atoms with Gasteiger partial charge in [0.05, 0.1) is 13.5 Å². The van der Waals surface area contributed by atoms with Gasteiger partial charge in [-0.15, -0.1) is 0 Å². The monoisotopic (exact) mass is 321 g/mol. The maximum atomic E-state index is 12.3. The third kappa shape index (κ3) is 3.35. The Balaban J connectivity index is 1.80. The predicted molar refractivity (Wildman–Crippen MR) is 94.3 cm³/mol. The average Bonchev–Trinajstić information content (AvgIpc) is 2.54. The van der Waals surface area contributed by atoms with Crippen LogP contribution < -0.4 is 10.1 Å². The zero-order chi connectivity index (χ0) is 17.1. The minimum absolute atomic E-state index is 0.143. The van der Waals surface area contributed by atoms with Crippen molar-refractivity contribution < 1.29 is 9.53 Å². The summed E-state index contributed by atoms with van der Waals surface area (Å²) in [5.74, 6) is 1.06. The number of hydrogen-bond donors (Lipinski definition) is 1. The molecule has 5 nitrogen and oxygen atoms in total. The van der Waals surface area contributed by atoms with E-state index in [9.17, 15) is 4.79 Å². The molecule has 1 aromatic carbocycles. The number of fused-ring (bicyclic) bond motifs is 1. The number of carbonyl (C=O) groups is 1. The van der Waals surface area contributed by atoms with Crippen LogP contribution in [0.25, 0.3) is 11.0 Å². The molecule has 0 saturated carbocycles. The number of aromatic nitrogens is 2. The highest BCUT2D eigenvalue weighted by atomic mass is 16.5. The smallest absolute Gasteiger partial charge is 0.230 e. The molecule has 0 aliphatic heterocycles. The lowest BCUT2D eigenvalue weighted by atomic mass is 10.1. The molecule has 5 heteroatoms. The lowest BCUT2D eigenvalue weighted by Crippen LogP contribution is -2.16. The SMILES string of the molecule is COc1ccccc1CC(=O)Nc1ccc2c(C)cc(C)nc2n1. The van der Waals surface area contributed by atoms with Gasteiger partial charge < -0.3 is 10.1 Å². The van der Waals surface area contributed by atoms with Crippen molar-refractivity contribution in [2.24, 2.45) is 0 Å². The number of nitrogens with one attached hydrogen (secondary N) is 1. The summed E-state index contributed by atoms with van der Waals surface area (Å²) in [4.78, 5) is 21.2. The van der Waals surface area contributed by atoms with E-state index in [1.807, 2.05) is 50.2 Å². The molecule has 0 unspecified atom stereocenters. The number of methoxy groups -OCH3 is 1. The highest BCUT2D eigenvalue weighted by molar-refractivity contribution is 5.93. The Morgan fingerprint density at radius 1 is 1.12 bits per heavy atom. The highest BCUT2D eigenvalue weighted by Crippen LogP contribution is 2.20. The van der Waals surface area contributed by atoms with Crippen LogP contribution in [0.4, 0.5) is 5.82 Å². The second-order valence-corrected chi connectivity index (χ2v) is 5.68. The Kier molecular flexibility index (Phi) is 4.42. The van der Waals surface area contributed by atoms with Crippen molar-refractivity contribution in [2.75, 3.05) is 12.4 Å². The fourth-order valence-corrected chi connectivity index (χ4v) is 2.71. The van der Waals surface area contributed by atoms with Crippen LogP contribution in [0.5, 0.6) is 5.75 Å². The van der Waals surface area contributed by atoms with Crippen molar-refractivity contribution in [1.82, 2.24) is 9.97 Å². The quantitative estimate of drug-likeness (QED) is 0.799. The zero-order valence-corrected chi connectivity index (χ0v) is 14.0. The van der Waals surface area contributed by atoms with Gasteiger partial charge in [0.15, 0.2) is 5.65 Å². The largest absolute Gasteiger partial charge is 0.496 e. The van der Waals surface area contributed by atoms with Gasteiger partial charge in [-0.05, 0) is 43.7 Å². The van der Waals surface area contributed by atoms with Gasteiger partial charge in [0, 0.05) is 16.6 Å². The van der Waals surface area contributed by atoms with E-state index in [-0.39, 0.29) is 12.3 Å². The fourth-order valence-electron chi connectivity index (χ4n) is 2.71. The number of amides is 1. The molecule has 0 aliphatic carbocycles. The van der Waals surface area contributed by atoms with E-state index in [1.54, 1.807) is 13.2 Å². The Morgan fingerprint density at radius 2 is 1.92 bits per heavy atom. The van der Waals surface area contributed by atoms with E-state index in [0.717, 1.165) is 22.2 Å². The molecule has 0 bridgehead atoms. The molecule has 3 aromatic rings. The van der Waals surface area contributed by atoms with Gasteiger partial charge in [-0.1, -0.05) is 18.2 Å². The molecule has 122 valence electrons. The van der Waals surface area contributed by atoms with E-state index < -0.39 is 0 Å². The van der Waals surface area contributed by atoms with Gasteiger partial charge in [0.25, 0.3) is 0 Å². The average molecular weight is 321 g/mol. The first kappa shape index (κ1) is 15.9. The number of benzene rings is 1. The first-order valence-corrected chi connectivity index (χ1v) is 7.73. The van der Waals surface area contributed by atoms with Crippen molar-refractivity contribution in [2.45, 2.75) is 20.3 Å². The number of anilines is 1. The Bertz CT molecular complexity index is 906. The van der Waals surface area contributed by atoms with Crippen LogP contribution in [-0.4, -0.2) is 23.0 Å². The summed E-state index contributed by atoms with van der Waals surface area (Å²) in [6.45, 7) is 3.96. The number of pyridine rings is 2.